The van der Waals surface area contributed by atoms with E-state index in [0.717, 1.165) is 38.7 Å². The van der Waals surface area contributed by atoms with Crippen molar-refractivity contribution in [1.82, 2.24) is 15.0 Å². The van der Waals surface area contributed by atoms with Crippen molar-refractivity contribution in [3.05, 3.63) is 127 Å². The van der Waals surface area contributed by atoms with E-state index < -0.39 is 13.7 Å². The minimum absolute atomic E-state index is 0. The van der Waals surface area contributed by atoms with E-state index in [1.807, 2.05) is 60.7 Å². The fourth-order valence-corrected chi connectivity index (χ4v) is 4.21. The monoisotopic (exact) mass is 676 g/mol. The topological polar surface area (TPSA) is 51.8 Å². The molecule has 4 aromatic heterocycles. The van der Waals surface area contributed by atoms with Gasteiger partial charge in [-0.2, -0.15) is 0 Å². The molecule has 0 aliphatic carbocycles. The molecular weight excluding hydrogens is 647 g/mol. The van der Waals surface area contributed by atoms with Crippen LogP contribution in [0.25, 0.3) is 55.4 Å². The van der Waals surface area contributed by atoms with Crippen molar-refractivity contribution in [2.45, 2.75) is 13.7 Å². The maximum Gasteiger partial charge on any atom is 0.130 e. The third-order valence-corrected chi connectivity index (χ3v) is 5.94. The Balaban J connectivity index is 0.000000194. The van der Waals surface area contributed by atoms with Crippen LogP contribution in [0, 0.1) is 25.8 Å². The van der Waals surface area contributed by atoms with Crippen LogP contribution < -0.4 is 0 Å². The molecule has 0 saturated heterocycles. The van der Waals surface area contributed by atoms with Crippen LogP contribution in [0.4, 0.5) is 0 Å². The van der Waals surface area contributed by atoms with Crippen LogP contribution in [0.2, 0.25) is 0 Å². The van der Waals surface area contributed by atoms with Crippen molar-refractivity contribution in [2.24, 2.45) is 0 Å². The maximum absolute atomic E-state index is 7.56. The molecular formula is C33H23IrN3O-2. The Morgan fingerprint density at radius 2 is 1.61 bits per heavy atom. The molecule has 0 fully saturated rings. The quantitative estimate of drug-likeness (QED) is 0.174. The fourth-order valence-electron chi connectivity index (χ4n) is 4.21. The third kappa shape index (κ3) is 4.99. The van der Waals surface area contributed by atoms with Crippen LogP contribution in [-0.4, -0.2) is 15.0 Å². The van der Waals surface area contributed by atoms with E-state index in [1.165, 1.54) is 12.3 Å². The van der Waals surface area contributed by atoms with Gasteiger partial charge < -0.3 is 14.4 Å². The summed E-state index contributed by atoms with van der Waals surface area (Å²) in [6.45, 7) is -4.33. The SMILES string of the molecule is [2H]C([2H])([2H])c1ccc(-c2[c-]cccc2)nc1.[2H]C([2H])([2H])c1ccc2c(ccc3c4cc[c-]c(-c5ccccn5)c4oc23)n1.[Ir]. The zero-order valence-corrected chi connectivity index (χ0v) is 22.3. The van der Waals surface area contributed by atoms with Crippen LogP contribution in [0.1, 0.15) is 19.5 Å². The van der Waals surface area contributed by atoms with Gasteiger partial charge >= 0.3 is 0 Å². The first-order valence-corrected chi connectivity index (χ1v) is 11.6. The normalized spacial score (nSPS) is 13.7. The molecule has 3 aromatic carbocycles. The molecule has 0 unspecified atom stereocenters. The Morgan fingerprint density at radius 1 is 0.711 bits per heavy atom. The molecule has 0 aliphatic rings. The second-order valence-corrected chi connectivity index (χ2v) is 8.33. The summed E-state index contributed by atoms with van der Waals surface area (Å²) in [5.41, 5.74) is 5.49. The van der Waals surface area contributed by atoms with Crippen molar-refractivity contribution in [2.75, 3.05) is 0 Å². The zero-order valence-electron chi connectivity index (χ0n) is 25.9. The van der Waals surface area contributed by atoms with Crippen LogP contribution >= 0.6 is 0 Å². The third-order valence-electron chi connectivity index (χ3n) is 5.94. The van der Waals surface area contributed by atoms with Crippen LogP contribution in [0.3, 0.4) is 0 Å². The number of rotatable bonds is 2. The number of aromatic nitrogens is 3. The Labute approximate surface area is 243 Å². The summed E-state index contributed by atoms with van der Waals surface area (Å²) in [5.74, 6) is 0. The smallest absolute Gasteiger partial charge is 0.130 e. The van der Waals surface area contributed by atoms with E-state index in [1.54, 1.807) is 30.5 Å². The molecule has 4 heterocycles. The fraction of sp³-hybridized carbons (Fsp3) is 0.0606. The second kappa shape index (κ2) is 11.1. The van der Waals surface area contributed by atoms with E-state index in [2.05, 4.69) is 27.1 Å². The van der Waals surface area contributed by atoms with Gasteiger partial charge in [0.1, 0.15) is 5.58 Å². The zero-order chi connectivity index (χ0) is 30.2. The van der Waals surface area contributed by atoms with Crippen LogP contribution in [0.5, 0.6) is 0 Å². The Kier molecular flexibility index (Phi) is 5.52. The molecule has 4 nitrogen and oxygen atoms in total. The van der Waals surface area contributed by atoms with Gasteiger partial charge in [0.25, 0.3) is 0 Å². The molecule has 7 rings (SSSR count). The summed E-state index contributed by atoms with van der Waals surface area (Å²) in [5, 5.41) is 2.70. The van der Waals surface area contributed by atoms with Crippen molar-refractivity contribution >= 4 is 32.8 Å². The second-order valence-electron chi connectivity index (χ2n) is 8.33. The predicted octanol–water partition coefficient (Wildman–Crippen LogP) is 8.16. The summed E-state index contributed by atoms with van der Waals surface area (Å²) in [7, 11) is 0. The van der Waals surface area contributed by atoms with Gasteiger partial charge in [0.05, 0.1) is 11.1 Å². The number of hydrogen-bond donors (Lipinski definition) is 0. The molecule has 0 amide bonds. The summed E-state index contributed by atoms with van der Waals surface area (Å²) in [6.07, 6.45) is 3.13. The number of fused-ring (bicyclic) bond motifs is 5. The maximum atomic E-state index is 7.56. The molecule has 7 aromatic rings. The summed E-state index contributed by atoms with van der Waals surface area (Å²) >= 11 is 0. The van der Waals surface area contributed by atoms with Gasteiger partial charge in [-0.25, -0.2) is 0 Å². The molecule has 5 heteroatoms. The van der Waals surface area contributed by atoms with Crippen LogP contribution in [-0.2, 0) is 20.1 Å². The van der Waals surface area contributed by atoms with Crippen molar-refractivity contribution < 1.29 is 32.7 Å². The minimum atomic E-state index is -2.24. The van der Waals surface area contributed by atoms with Gasteiger partial charge in [0.15, 0.2) is 0 Å². The number of hydrogen-bond acceptors (Lipinski definition) is 4. The molecule has 0 saturated carbocycles. The average molecular weight is 676 g/mol. The molecule has 38 heavy (non-hydrogen) atoms. The molecule has 1 radical (unpaired) electrons. The van der Waals surface area contributed by atoms with Gasteiger partial charge in [0.2, 0.25) is 0 Å². The van der Waals surface area contributed by atoms with E-state index in [4.69, 9.17) is 12.6 Å². The summed E-state index contributed by atoms with van der Waals surface area (Å²) < 4.78 is 50.6. The van der Waals surface area contributed by atoms with Crippen molar-refractivity contribution in [3.63, 3.8) is 0 Å². The number of pyridine rings is 3. The molecule has 0 N–H and O–H groups in total. The first-order valence-electron chi connectivity index (χ1n) is 14.6. The molecule has 187 valence electrons. The van der Waals surface area contributed by atoms with Gasteiger partial charge in [-0.05, 0) is 61.0 Å². The standard InChI is InChI=1S/C21H13N2O.C12H10N.Ir/c1-13-8-9-17-19(23-13)11-10-15-14-5-4-6-16(20(14)24-21(15)17)18-7-2-3-12-22-18;1-10-7-8-12(13-9-10)11-5-3-2-4-6-11;/h2-5,7-12H,1H3;2-5,7-9H,1H3;/q2*-1;/i2*1D3;. The molecule has 0 spiro atoms. The van der Waals surface area contributed by atoms with E-state index >= 15 is 0 Å². The Hall–Kier alpha value is -4.18. The van der Waals surface area contributed by atoms with Crippen LogP contribution in [0.15, 0.2) is 108 Å². The number of nitrogens with zero attached hydrogens (tertiary/aromatic N) is 3. The number of aryl methyl sites for hydroxylation is 2. The van der Waals surface area contributed by atoms with Crippen molar-refractivity contribution in [3.8, 4) is 22.5 Å². The molecule has 0 bridgehead atoms. The first kappa shape index (κ1) is 19.0. The number of furan rings is 1. The van der Waals surface area contributed by atoms with E-state index in [0.29, 0.717) is 16.7 Å². The van der Waals surface area contributed by atoms with E-state index in [-0.39, 0.29) is 31.4 Å². The summed E-state index contributed by atoms with van der Waals surface area (Å²) in [4.78, 5) is 12.8. The average Bonchev–Trinajstić information content (AvgIpc) is 3.41. The number of benzene rings is 3. The Bertz CT molecular complexity index is 2040. The first-order chi connectivity index (χ1) is 20.6. The van der Waals surface area contributed by atoms with Gasteiger partial charge in [-0.1, -0.05) is 35.2 Å². The van der Waals surface area contributed by atoms with Gasteiger partial charge in [-0.15, -0.1) is 54.1 Å². The van der Waals surface area contributed by atoms with E-state index in [9.17, 15) is 0 Å². The molecule has 0 aliphatic heterocycles. The molecule has 0 atom stereocenters. The minimum Gasteiger partial charge on any atom is -0.500 e. The van der Waals surface area contributed by atoms with Gasteiger partial charge in [-0.3, -0.25) is 4.98 Å². The largest absolute Gasteiger partial charge is 0.500 e. The Morgan fingerprint density at radius 3 is 2.37 bits per heavy atom. The predicted molar refractivity (Wildman–Crippen MR) is 149 cm³/mol. The van der Waals surface area contributed by atoms with Gasteiger partial charge in [0, 0.05) is 57.2 Å². The van der Waals surface area contributed by atoms with Crippen molar-refractivity contribution in [1.29, 1.82) is 0 Å². The summed E-state index contributed by atoms with van der Waals surface area (Å²) in [6, 6.07) is 33.6.